The number of nitrogens with one attached hydrogen (secondary N) is 1. The van der Waals surface area contributed by atoms with E-state index in [1.807, 2.05) is 12.1 Å². The molecule has 0 bridgehead atoms. The van der Waals surface area contributed by atoms with Crippen LogP contribution in [0.15, 0.2) is 18.3 Å². The Hall–Kier alpha value is -2.42. The van der Waals surface area contributed by atoms with Gasteiger partial charge in [-0.05, 0) is 25.0 Å². The summed E-state index contributed by atoms with van der Waals surface area (Å²) in [5, 5.41) is 2.68. The van der Waals surface area contributed by atoms with Crippen molar-refractivity contribution in [1.29, 1.82) is 0 Å². The van der Waals surface area contributed by atoms with Gasteiger partial charge in [-0.15, -0.1) is 0 Å². The first kappa shape index (κ1) is 18.9. The highest BCUT2D eigenvalue weighted by atomic mass is 32.1. The maximum atomic E-state index is 12.1. The number of anilines is 2. The molecule has 1 saturated carbocycles. The minimum atomic E-state index is -0.410. The standard InChI is InChI=1S/C19H25N5O3S/c1-13(25)20-11-16-12-24(19(26)27-16)15-4-5-17(21-10-15)22-6-8-23(9-7-22)18(28)14-2-3-14/h4-5,10,14,16H,2-3,6-9,11-12H2,1H3,(H,20,25)/t16-/m0/s1. The fraction of sp³-hybridized carbons (Fsp3) is 0.579. The molecule has 0 radical (unpaired) electrons. The van der Waals surface area contributed by atoms with Crippen molar-refractivity contribution in [3.63, 3.8) is 0 Å². The summed E-state index contributed by atoms with van der Waals surface area (Å²) in [4.78, 5) is 34.9. The smallest absolute Gasteiger partial charge is 0.414 e. The average molecular weight is 404 g/mol. The van der Waals surface area contributed by atoms with Gasteiger partial charge in [0, 0.05) is 39.0 Å². The second-order valence-corrected chi connectivity index (χ2v) is 7.93. The van der Waals surface area contributed by atoms with Crippen LogP contribution in [0, 0.1) is 5.92 Å². The monoisotopic (exact) mass is 403 g/mol. The zero-order valence-electron chi connectivity index (χ0n) is 16.0. The van der Waals surface area contributed by atoms with Crippen LogP contribution in [-0.4, -0.2) is 72.2 Å². The van der Waals surface area contributed by atoms with Crippen LogP contribution in [-0.2, 0) is 9.53 Å². The Kier molecular flexibility index (Phi) is 5.34. The number of carbonyl (C=O) groups is 2. The summed E-state index contributed by atoms with van der Waals surface area (Å²) in [6, 6.07) is 3.84. The van der Waals surface area contributed by atoms with E-state index in [4.69, 9.17) is 17.0 Å². The van der Waals surface area contributed by atoms with Gasteiger partial charge in [-0.25, -0.2) is 9.78 Å². The Morgan fingerprint density at radius 1 is 1.29 bits per heavy atom. The van der Waals surface area contributed by atoms with Crippen molar-refractivity contribution in [2.45, 2.75) is 25.9 Å². The molecule has 1 atom stereocenters. The quantitative estimate of drug-likeness (QED) is 0.745. The molecule has 2 aliphatic heterocycles. The van der Waals surface area contributed by atoms with Crippen molar-refractivity contribution in [3.8, 4) is 0 Å². The number of amides is 2. The molecule has 9 heteroatoms. The van der Waals surface area contributed by atoms with Crippen LogP contribution < -0.4 is 15.1 Å². The molecule has 0 unspecified atom stereocenters. The SMILES string of the molecule is CC(=O)NC[C@H]1CN(c2ccc(N3CCN(C(=S)C4CC4)CC3)nc2)C(=O)O1. The normalized spacial score (nSPS) is 22.2. The molecule has 1 N–H and O–H groups in total. The van der Waals surface area contributed by atoms with Gasteiger partial charge < -0.3 is 19.9 Å². The number of pyridine rings is 1. The van der Waals surface area contributed by atoms with Gasteiger partial charge in [0.15, 0.2) is 0 Å². The van der Waals surface area contributed by atoms with E-state index in [1.54, 1.807) is 11.1 Å². The van der Waals surface area contributed by atoms with Crippen LogP contribution in [0.3, 0.4) is 0 Å². The molecule has 3 fully saturated rings. The fourth-order valence-corrected chi connectivity index (χ4v) is 3.98. The number of ether oxygens (including phenoxy) is 1. The van der Waals surface area contributed by atoms with Gasteiger partial charge in [0.1, 0.15) is 11.9 Å². The molecule has 1 aliphatic carbocycles. The third kappa shape index (κ3) is 4.19. The van der Waals surface area contributed by atoms with Crippen molar-refractivity contribution >= 4 is 40.7 Å². The third-order valence-corrected chi connectivity index (χ3v) is 5.93. The molecule has 2 saturated heterocycles. The van der Waals surface area contributed by atoms with E-state index in [-0.39, 0.29) is 12.0 Å². The van der Waals surface area contributed by atoms with Gasteiger partial charge in [-0.3, -0.25) is 9.69 Å². The van der Waals surface area contributed by atoms with Crippen LogP contribution in [0.25, 0.3) is 0 Å². The van der Waals surface area contributed by atoms with Crippen LogP contribution in [0.4, 0.5) is 16.3 Å². The van der Waals surface area contributed by atoms with Crippen molar-refractivity contribution < 1.29 is 14.3 Å². The van der Waals surface area contributed by atoms with E-state index >= 15 is 0 Å². The Balaban J connectivity index is 1.32. The Bertz CT molecular complexity index is 759. The van der Waals surface area contributed by atoms with Gasteiger partial charge >= 0.3 is 6.09 Å². The summed E-state index contributed by atoms with van der Waals surface area (Å²) in [6.45, 7) is 5.81. The zero-order valence-corrected chi connectivity index (χ0v) is 16.8. The number of thiocarbonyl (C=S) groups is 1. The second-order valence-electron chi connectivity index (χ2n) is 7.51. The van der Waals surface area contributed by atoms with Crippen LogP contribution >= 0.6 is 12.2 Å². The van der Waals surface area contributed by atoms with E-state index in [0.29, 0.717) is 24.7 Å². The molecule has 1 aromatic heterocycles. The van der Waals surface area contributed by atoms with Crippen molar-refractivity contribution in [1.82, 2.24) is 15.2 Å². The first-order valence-corrected chi connectivity index (χ1v) is 10.1. The van der Waals surface area contributed by atoms with Gasteiger partial charge in [0.25, 0.3) is 0 Å². The summed E-state index contributed by atoms with van der Waals surface area (Å²) < 4.78 is 5.30. The van der Waals surface area contributed by atoms with E-state index in [1.165, 1.54) is 19.8 Å². The fourth-order valence-electron chi connectivity index (χ4n) is 3.57. The number of hydrogen-bond donors (Lipinski definition) is 1. The highest BCUT2D eigenvalue weighted by Crippen LogP contribution is 2.32. The largest absolute Gasteiger partial charge is 0.442 e. The number of cyclic esters (lactones) is 1. The lowest BCUT2D eigenvalue weighted by molar-refractivity contribution is -0.119. The third-order valence-electron chi connectivity index (χ3n) is 5.34. The number of hydrogen-bond acceptors (Lipinski definition) is 6. The molecule has 4 rings (SSSR count). The lowest BCUT2D eigenvalue weighted by Gasteiger charge is -2.37. The van der Waals surface area contributed by atoms with E-state index in [0.717, 1.165) is 37.0 Å². The van der Waals surface area contributed by atoms with Gasteiger partial charge in [0.2, 0.25) is 5.91 Å². The molecular formula is C19H25N5O3S. The molecule has 3 aliphatic rings. The number of rotatable bonds is 5. The first-order valence-electron chi connectivity index (χ1n) is 9.73. The molecule has 8 nitrogen and oxygen atoms in total. The summed E-state index contributed by atoms with van der Waals surface area (Å²) in [7, 11) is 0. The van der Waals surface area contributed by atoms with Gasteiger partial charge in [-0.1, -0.05) is 12.2 Å². The zero-order chi connectivity index (χ0) is 19.7. The molecule has 3 heterocycles. The van der Waals surface area contributed by atoms with Crippen molar-refractivity contribution in [3.05, 3.63) is 18.3 Å². The number of aromatic nitrogens is 1. The molecule has 1 aromatic rings. The van der Waals surface area contributed by atoms with Gasteiger partial charge in [0.05, 0.1) is 30.0 Å². The predicted molar refractivity (Wildman–Crippen MR) is 110 cm³/mol. The van der Waals surface area contributed by atoms with Crippen molar-refractivity contribution in [2.75, 3.05) is 49.1 Å². The van der Waals surface area contributed by atoms with Crippen LogP contribution in [0.2, 0.25) is 0 Å². The summed E-state index contributed by atoms with van der Waals surface area (Å²) in [5.41, 5.74) is 0.702. The highest BCUT2D eigenvalue weighted by Gasteiger charge is 2.33. The Morgan fingerprint density at radius 2 is 2.04 bits per heavy atom. The lowest BCUT2D eigenvalue weighted by atomic mass is 10.2. The second kappa shape index (κ2) is 7.90. The van der Waals surface area contributed by atoms with Crippen molar-refractivity contribution in [2.24, 2.45) is 5.92 Å². The minimum absolute atomic E-state index is 0.140. The lowest BCUT2D eigenvalue weighted by Crippen LogP contribution is -2.49. The number of nitrogens with zero attached hydrogens (tertiary/aromatic N) is 4. The van der Waals surface area contributed by atoms with Gasteiger partial charge in [-0.2, -0.15) is 0 Å². The predicted octanol–water partition coefficient (Wildman–Crippen LogP) is 1.40. The summed E-state index contributed by atoms with van der Waals surface area (Å²) >= 11 is 5.57. The molecular weight excluding hydrogens is 378 g/mol. The van der Waals surface area contributed by atoms with Crippen LogP contribution in [0.1, 0.15) is 19.8 Å². The van der Waals surface area contributed by atoms with Crippen LogP contribution in [0.5, 0.6) is 0 Å². The Morgan fingerprint density at radius 3 is 2.64 bits per heavy atom. The molecule has 0 aromatic carbocycles. The first-order chi connectivity index (χ1) is 13.5. The topological polar surface area (TPSA) is 78.0 Å². The van der Waals surface area contributed by atoms with E-state index < -0.39 is 6.09 Å². The maximum Gasteiger partial charge on any atom is 0.414 e. The number of piperazine rings is 1. The summed E-state index contributed by atoms with van der Waals surface area (Å²) in [5.74, 6) is 1.40. The summed E-state index contributed by atoms with van der Waals surface area (Å²) in [6.07, 6.45) is 3.43. The molecule has 150 valence electrons. The average Bonchev–Trinajstić information content (AvgIpc) is 3.49. The molecule has 2 amide bonds. The molecule has 28 heavy (non-hydrogen) atoms. The van der Waals surface area contributed by atoms with E-state index in [9.17, 15) is 9.59 Å². The minimum Gasteiger partial charge on any atom is -0.442 e. The molecule has 0 spiro atoms. The highest BCUT2D eigenvalue weighted by molar-refractivity contribution is 7.80. The Labute approximate surface area is 169 Å². The number of carbonyl (C=O) groups excluding carboxylic acids is 2. The maximum absolute atomic E-state index is 12.1. The van der Waals surface area contributed by atoms with E-state index in [2.05, 4.69) is 20.1 Å².